The van der Waals surface area contributed by atoms with E-state index in [4.69, 9.17) is 4.74 Å². The van der Waals surface area contributed by atoms with E-state index >= 15 is 0 Å². The number of phenols is 1. The second-order valence-corrected chi connectivity index (χ2v) is 7.26. The molecule has 0 saturated carbocycles. The average Bonchev–Trinajstić information content (AvgIpc) is 2.75. The van der Waals surface area contributed by atoms with Gasteiger partial charge in [-0.15, -0.1) is 0 Å². The maximum Gasteiger partial charge on any atom is 0.296 e. The maximum absolute atomic E-state index is 13.9. The molecule has 7 heteroatoms. The number of benzene rings is 2. The predicted octanol–water partition coefficient (Wildman–Crippen LogP) is 3.88. The molecule has 1 unspecified atom stereocenters. The van der Waals surface area contributed by atoms with Gasteiger partial charge in [-0.1, -0.05) is 55.3 Å². The molecule has 0 saturated heterocycles. The van der Waals surface area contributed by atoms with Crippen molar-refractivity contribution < 1.29 is 28.8 Å². The van der Waals surface area contributed by atoms with E-state index in [0.717, 1.165) is 25.7 Å². The first-order chi connectivity index (χ1) is 14.5. The molecular formula is C23H31F2NO4. The number of nitrogens with one attached hydrogen (secondary N) is 1. The molecule has 30 heavy (non-hydrogen) atoms. The van der Waals surface area contributed by atoms with Gasteiger partial charge in [-0.3, -0.25) is 0 Å². The van der Waals surface area contributed by atoms with Gasteiger partial charge in [-0.2, -0.15) is 8.78 Å². The summed E-state index contributed by atoms with van der Waals surface area (Å²) in [5, 5.41) is 32.5. The normalized spacial score (nSPS) is 12.8. The lowest BCUT2D eigenvalue weighted by Crippen LogP contribution is -2.23. The van der Waals surface area contributed by atoms with E-state index in [1.165, 1.54) is 18.2 Å². The fourth-order valence-electron chi connectivity index (χ4n) is 3.20. The third kappa shape index (κ3) is 7.65. The monoisotopic (exact) mass is 423 g/mol. The minimum Gasteiger partial charge on any atom is -0.508 e. The standard InChI is InChI=1S/C23H31F2NO4/c24-23(25,18-9-4-3-5-10-18)17-30-14-7-2-1-6-13-26-15-22(29)19-11-8-12-21(28)20(19)16-27/h3-5,8-12,22,26-29H,1-2,6-7,13-17H2. The van der Waals surface area contributed by atoms with E-state index in [1.807, 2.05) is 0 Å². The van der Waals surface area contributed by atoms with Crippen molar-refractivity contribution in [3.63, 3.8) is 0 Å². The van der Waals surface area contributed by atoms with Gasteiger partial charge in [0.05, 0.1) is 12.7 Å². The van der Waals surface area contributed by atoms with Crippen LogP contribution in [-0.2, 0) is 17.3 Å². The molecular weight excluding hydrogens is 392 g/mol. The van der Waals surface area contributed by atoms with Crippen LogP contribution in [0, 0.1) is 0 Å². The van der Waals surface area contributed by atoms with Crippen LogP contribution in [0.2, 0.25) is 0 Å². The minimum absolute atomic E-state index is 0.0298. The van der Waals surface area contributed by atoms with E-state index in [9.17, 15) is 24.1 Å². The molecule has 0 radical (unpaired) electrons. The van der Waals surface area contributed by atoms with Crippen molar-refractivity contribution >= 4 is 0 Å². The van der Waals surface area contributed by atoms with Gasteiger partial charge in [0.25, 0.3) is 5.92 Å². The van der Waals surface area contributed by atoms with Gasteiger partial charge in [-0.25, -0.2) is 0 Å². The highest BCUT2D eigenvalue weighted by atomic mass is 19.3. The van der Waals surface area contributed by atoms with Gasteiger partial charge in [-0.05, 0) is 31.0 Å². The van der Waals surface area contributed by atoms with Crippen molar-refractivity contribution in [2.75, 3.05) is 26.3 Å². The van der Waals surface area contributed by atoms with Gasteiger partial charge in [0.2, 0.25) is 0 Å². The SMILES string of the molecule is OCc1c(O)cccc1C(O)CNCCCCCCOCC(F)(F)c1ccccc1. The van der Waals surface area contributed by atoms with Crippen LogP contribution in [0.4, 0.5) is 8.78 Å². The summed E-state index contributed by atoms with van der Waals surface area (Å²) in [6.07, 6.45) is 2.59. The Labute approximate surface area is 176 Å². The van der Waals surface area contributed by atoms with Crippen LogP contribution in [-0.4, -0.2) is 41.6 Å². The largest absolute Gasteiger partial charge is 0.508 e. The predicted molar refractivity (Wildman–Crippen MR) is 111 cm³/mol. The fraction of sp³-hybridized carbons (Fsp3) is 0.478. The molecule has 166 valence electrons. The lowest BCUT2D eigenvalue weighted by molar-refractivity contribution is -0.0831. The number of hydrogen-bond acceptors (Lipinski definition) is 5. The van der Waals surface area contributed by atoms with Crippen LogP contribution in [0.15, 0.2) is 48.5 Å². The average molecular weight is 424 g/mol. The zero-order valence-corrected chi connectivity index (χ0v) is 17.1. The highest BCUT2D eigenvalue weighted by Crippen LogP contribution is 2.28. The molecule has 0 fully saturated rings. The van der Waals surface area contributed by atoms with Crippen LogP contribution < -0.4 is 5.32 Å². The number of ether oxygens (including phenoxy) is 1. The first kappa shape index (κ1) is 24.2. The van der Waals surface area contributed by atoms with Crippen LogP contribution in [0.5, 0.6) is 5.75 Å². The third-order valence-electron chi connectivity index (χ3n) is 4.91. The van der Waals surface area contributed by atoms with E-state index < -0.39 is 18.6 Å². The molecule has 2 aromatic carbocycles. The number of aliphatic hydroxyl groups is 2. The Morgan fingerprint density at radius 1 is 0.967 bits per heavy atom. The first-order valence-corrected chi connectivity index (χ1v) is 10.3. The fourth-order valence-corrected chi connectivity index (χ4v) is 3.20. The van der Waals surface area contributed by atoms with Crippen LogP contribution >= 0.6 is 0 Å². The molecule has 2 rings (SSSR count). The number of halogens is 2. The molecule has 0 bridgehead atoms. The van der Waals surface area contributed by atoms with E-state index in [2.05, 4.69) is 5.32 Å². The summed E-state index contributed by atoms with van der Waals surface area (Å²) in [6, 6.07) is 12.5. The van der Waals surface area contributed by atoms with Crippen molar-refractivity contribution in [3.05, 3.63) is 65.2 Å². The zero-order chi connectivity index (χ0) is 21.8. The molecule has 0 spiro atoms. The molecule has 4 N–H and O–H groups in total. The quantitative estimate of drug-likeness (QED) is 0.347. The van der Waals surface area contributed by atoms with Crippen molar-refractivity contribution in [2.45, 2.75) is 44.3 Å². The molecule has 2 aromatic rings. The molecule has 0 aromatic heterocycles. The number of aromatic hydroxyl groups is 1. The van der Waals surface area contributed by atoms with E-state index in [-0.39, 0.29) is 17.9 Å². The number of unbranched alkanes of at least 4 members (excludes halogenated alkanes) is 3. The number of rotatable bonds is 14. The smallest absolute Gasteiger partial charge is 0.296 e. The highest BCUT2D eigenvalue weighted by molar-refractivity contribution is 5.40. The van der Waals surface area contributed by atoms with Gasteiger partial charge >= 0.3 is 0 Å². The molecule has 0 amide bonds. The van der Waals surface area contributed by atoms with Gasteiger partial charge < -0.3 is 25.4 Å². The Morgan fingerprint density at radius 2 is 1.70 bits per heavy atom. The number of alkyl halides is 2. The Hall–Kier alpha value is -2.06. The maximum atomic E-state index is 13.9. The van der Waals surface area contributed by atoms with Gasteiger partial charge in [0, 0.05) is 24.3 Å². The summed E-state index contributed by atoms with van der Waals surface area (Å²) >= 11 is 0. The molecule has 0 aliphatic rings. The summed E-state index contributed by atoms with van der Waals surface area (Å²) < 4.78 is 33.0. The summed E-state index contributed by atoms with van der Waals surface area (Å²) in [4.78, 5) is 0. The second-order valence-electron chi connectivity index (χ2n) is 7.26. The van der Waals surface area contributed by atoms with E-state index in [0.29, 0.717) is 30.8 Å². The van der Waals surface area contributed by atoms with E-state index in [1.54, 1.807) is 30.3 Å². The lowest BCUT2D eigenvalue weighted by atomic mass is 10.0. The molecule has 0 aliphatic heterocycles. The molecule has 0 aliphatic carbocycles. The van der Waals surface area contributed by atoms with Gasteiger partial charge in [0.1, 0.15) is 12.4 Å². The Bertz CT molecular complexity index is 743. The molecule has 5 nitrogen and oxygen atoms in total. The lowest BCUT2D eigenvalue weighted by Gasteiger charge is -2.17. The summed E-state index contributed by atoms with van der Waals surface area (Å²) in [6.45, 7) is 0.376. The number of aliphatic hydroxyl groups excluding tert-OH is 2. The van der Waals surface area contributed by atoms with Crippen LogP contribution in [0.25, 0.3) is 0 Å². The van der Waals surface area contributed by atoms with Gasteiger partial charge in [0.15, 0.2) is 0 Å². The van der Waals surface area contributed by atoms with Crippen molar-refractivity contribution in [1.82, 2.24) is 5.32 Å². The topological polar surface area (TPSA) is 82.0 Å². The van der Waals surface area contributed by atoms with Crippen LogP contribution in [0.3, 0.4) is 0 Å². The Balaban J connectivity index is 1.52. The second kappa shape index (κ2) is 12.6. The summed E-state index contributed by atoms with van der Waals surface area (Å²) in [5.74, 6) is -3.00. The summed E-state index contributed by atoms with van der Waals surface area (Å²) in [7, 11) is 0. The molecule has 1 atom stereocenters. The number of hydrogen-bond donors (Lipinski definition) is 4. The first-order valence-electron chi connectivity index (χ1n) is 10.3. The van der Waals surface area contributed by atoms with Crippen molar-refractivity contribution in [1.29, 1.82) is 0 Å². The third-order valence-corrected chi connectivity index (χ3v) is 4.91. The molecule has 0 heterocycles. The Morgan fingerprint density at radius 3 is 2.43 bits per heavy atom. The van der Waals surface area contributed by atoms with Crippen LogP contribution in [0.1, 0.15) is 48.5 Å². The zero-order valence-electron chi connectivity index (χ0n) is 17.1. The summed E-state index contributed by atoms with van der Waals surface area (Å²) in [5.41, 5.74) is 0.814. The Kier molecular flexibility index (Phi) is 10.2. The minimum atomic E-state index is -2.97. The van der Waals surface area contributed by atoms with Crippen molar-refractivity contribution in [2.24, 2.45) is 0 Å². The van der Waals surface area contributed by atoms with Crippen molar-refractivity contribution in [3.8, 4) is 5.75 Å². The highest BCUT2D eigenvalue weighted by Gasteiger charge is 2.31.